The Morgan fingerprint density at radius 3 is 2.61 bits per heavy atom. The lowest BCUT2D eigenvalue weighted by Crippen LogP contribution is -2.25. The van der Waals surface area contributed by atoms with E-state index in [1.165, 1.54) is 17.4 Å². The molecule has 0 bridgehead atoms. The minimum atomic E-state index is -4.40. The molecular weight excluding hydrogens is 427 g/mol. The van der Waals surface area contributed by atoms with Crippen LogP contribution < -0.4 is 10.1 Å². The Morgan fingerprint density at radius 2 is 1.94 bits per heavy atom. The molecule has 0 aliphatic heterocycles. The third-order valence-electron chi connectivity index (χ3n) is 4.72. The first-order chi connectivity index (χ1) is 14.8. The van der Waals surface area contributed by atoms with Gasteiger partial charge in [-0.3, -0.25) is 9.20 Å². The van der Waals surface area contributed by atoms with Crippen LogP contribution in [0.15, 0.2) is 60.9 Å². The smallest absolute Gasteiger partial charge is 0.416 e. The molecule has 0 unspecified atom stereocenters. The number of amides is 1. The summed E-state index contributed by atoms with van der Waals surface area (Å²) in [7, 11) is 1.60. The van der Waals surface area contributed by atoms with Crippen LogP contribution in [-0.4, -0.2) is 28.9 Å². The number of fused-ring (bicyclic) bond motifs is 1. The highest BCUT2D eigenvalue weighted by molar-refractivity contribution is 7.20. The number of halogens is 3. The minimum absolute atomic E-state index is 0.261. The molecule has 5 nitrogen and oxygen atoms in total. The second-order valence-corrected chi connectivity index (χ2v) is 7.85. The van der Waals surface area contributed by atoms with Crippen LogP contribution in [0.25, 0.3) is 15.4 Å². The second kappa shape index (κ2) is 8.43. The number of alkyl halides is 3. The average molecular weight is 445 g/mol. The van der Waals surface area contributed by atoms with Crippen LogP contribution in [0, 0.1) is 0 Å². The molecule has 0 saturated heterocycles. The number of thiazole rings is 1. The third kappa shape index (κ3) is 4.72. The molecule has 160 valence electrons. The van der Waals surface area contributed by atoms with Crippen LogP contribution in [0.1, 0.15) is 21.6 Å². The maximum absolute atomic E-state index is 12.9. The second-order valence-electron chi connectivity index (χ2n) is 6.84. The van der Waals surface area contributed by atoms with Crippen LogP contribution >= 0.6 is 11.3 Å². The van der Waals surface area contributed by atoms with Crippen molar-refractivity contribution in [3.8, 4) is 16.2 Å². The monoisotopic (exact) mass is 445 g/mol. The summed E-state index contributed by atoms with van der Waals surface area (Å²) in [5, 5.41) is 2.83. The number of rotatable bonds is 6. The summed E-state index contributed by atoms with van der Waals surface area (Å²) >= 11 is 1.22. The lowest BCUT2D eigenvalue weighted by atomic mass is 10.1. The van der Waals surface area contributed by atoms with Gasteiger partial charge in [0.25, 0.3) is 5.91 Å². The molecule has 9 heteroatoms. The van der Waals surface area contributed by atoms with Crippen molar-refractivity contribution in [2.24, 2.45) is 0 Å². The van der Waals surface area contributed by atoms with Gasteiger partial charge in [0, 0.05) is 18.9 Å². The van der Waals surface area contributed by atoms with Crippen LogP contribution in [0.2, 0.25) is 0 Å². The van der Waals surface area contributed by atoms with Crippen molar-refractivity contribution in [2.45, 2.75) is 12.6 Å². The van der Waals surface area contributed by atoms with E-state index in [1.54, 1.807) is 30.0 Å². The Morgan fingerprint density at radius 1 is 1.16 bits per heavy atom. The Labute approximate surface area is 180 Å². The first-order valence-corrected chi connectivity index (χ1v) is 10.2. The highest BCUT2D eigenvalue weighted by atomic mass is 32.1. The van der Waals surface area contributed by atoms with E-state index in [1.807, 2.05) is 24.3 Å². The largest absolute Gasteiger partial charge is 0.497 e. The van der Waals surface area contributed by atoms with E-state index in [0.717, 1.165) is 23.4 Å². The fourth-order valence-corrected chi connectivity index (χ4v) is 4.05. The molecule has 0 aliphatic rings. The van der Waals surface area contributed by atoms with Crippen molar-refractivity contribution < 1.29 is 22.7 Å². The van der Waals surface area contributed by atoms with Crippen LogP contribution in [-0.2, 0) is 12.6 Å². The van der Waals surface area contributed by atoms with Crippen LogP contribution in [0.4, 0.5) is 13.2 Å². The maximum atomic E-state index is 12.9. The summed E-state index contributed by atoms with van der Waals surface area (Å²) in [6.07, 6.45) is -0.482. The summed E-state index contributed by atoms with van der Waals surface area (Å²) < 4.78 is 45.6. The van der Waals surface area contributed by atoms with E-state index in [-0.39, 0.29) is 11.6 Å². The topological polar surface area (TPSA) is 55.6 Å². The lowest BCUT2D eigenvalue weighted by Gasteiger charge is -2.07. The molecule has 1 N–H and O–H groups in total. The molecule has 0 saturated carbocycles. The van der Waals surface area contributed by atoms with Crippen molar-refractivity contribution in [2.75, 3.05) is 13.7 Å². The van der Waals surface area contributed by atoms with Gasteiger partial charge in [0.1, 0.15) is 11.4 Å². The first-order valence-electron chi connectivity index (χ1n) is 9.41. The summed E-state index contributed by atoms with van der Waals surface area (Å²) in [5.74, 6) is 0.473. The molecule has 0 fully saturated rings. The summed E-state index contributed by atoms with van der Waals surface area (Å²) in [4.78, 5) is 17.9. The van der Waals surface area contributed by atoms with Gasteiger partial charge in [-0.1, -0.05) is 35.6 Å². The van der Waals surface area contributed by atoms with Gasteiger partial charge in [-0.25, -0.2) is 4.98 Å². The number of hydrogen-bond donors (Lipinski definition) is 1. The maximum Gasteiger partial charge on any atom is 0.416 e. The number of ether oxygens (including phenoxy) is 1. The predicted octanol–water partition coefficient (Wildman–Crippen LogP) is 5.06. The Balaban J connectivity index is 1.42. The quantitative estimate of drug-likeness (QED) is 0.451. The number of methoxy groups -OCH3 is 1. The van der Waals surface area contributed by atoms with Gasteiger partial charge < -0.3 is 10.1 Å². The van der Waals surface area contributed by atoms with Gasteiger partial charge in [0.2, 0.25) is 0 Å². The van der Waals surface area contributed by atoms with Crippen LogP contribution in [0.5, 0.6) is 5.75 Å². The number of hydrogen-bond acceptors (Lipinski definition) is 4. The molecule has 0 radical (unpaired) electrons. The average Bonchev–Trinajstić information content (AvgIpc) is 3.33. The zero-order valence-corrected chi connectivity index (χ0v) is 17.3. The van der Waals surface area contributed by atoms with Crippen molar-refractivity contribution in [1.82, 2.24) is 14.7 Å². The number of imidazole rings is 1. The molecule has 2 aromatic carbocycles. The Kier molecular flexibility index (Phi) is 5.69. The van der Waals surface area contributed by atoms with Crippen LogP contribution in [0.3, 0.4) is 0 Å². The SMILES string of the molecule is COc1ccc(CCNC(=O)c2cn3cc(-c4cccc(C(F)(F)F)c4)sc3n2)cc1. The van der Waals surface area contributed by atoms with Gasteiger partial charge in [0.15, 0.2) is 4.96 Å². The molecule has 1 amide bonds. The Bertz CT molecular complexity index is 1180. The van der Waals surface area contributed by atoms with Gasteiger partial charge in [0.05, 0.1) is 17.6 Å². The van der Waals surface area contributed by atoms with E-state index in [4.69, 9.17) is 4.74 Å². The highest BCUT2D eigenvalue weighted by Gasteiger charge is 2.30. The molecule has 2 aromatic heterocycles. The van der Waals surface area contributed by atoms with Gasteiger partial charge in [-0.05, 0) is 41.8 Å². The van der Waals surface area contributed by atoms with Crippen molar-refractivity contribution in [1.29, 1.82) is 0 Å². The molecule has 0 spiro atoms. The normalized spacial score (nSPS) is 11.6. The summed E-state index contributed by atoms with van der Waals surface area (Å²) in [6, 6.07) is 12.7. The molecule has 4 rings (SSSR count). The van der Waals surface area contributed by atoms with Gasteiger partial charge in [-0.15, -0.1) is 0 Å². The molecule has 4 aromatic rings. The molecule has 0 aliphatic carbocycles. The number of carbonyl (C=O) groups excluding carboxylic acids is 1. The number of benzene rings is 2. The molecular formula is C22H18F3N3O2S. The predicted molar refractivity (Wildman–Crippen MR) is 113 cm³/mol. The molecule has 31 heavy (non-hydrogen) atoms. The summed E-state index contributed by atoms with van der Waals surface area (Å²) in [6.45, 7) is 0.450. The fraction of sp³-hybridized carbons (Fsp3) is 0.182. The van der Waals surface area contributed by atoms with Gasteiger partial charge in [-0.2, -0.15) is 13.2 Å². The minimum Gasteiger partial charge on any atom is -0.497 e. The number of nitrogens with zero attached hydrogens (tertiary/aromatic N) is 2. The highest BCUT2D eigenvalue weighted by Crippen LogP contribution is 2.34. The number of carbonyl (C=O) groups is 1. The number of nitrogens with one attached hydrogen (secondary N) is 1. The Hall–Kier alpha value is -3.33. The van der Waals surface area contributed by atoms with Crippen molar-refractivity contribution >= 4 is 22.2 Å². The summed E-state index contributed by atoms with van der Waals surface area (Å²) in [5.41, 5.74) is 1.08. The van der Waals surface area contributed by atoms with E-state index < -0.39 is 11.7 Å². The van der Waals surface area contributed by atoms with Gasteiger partial charge >= 0.3 is 6.18 Å². The van der Waals surface area contributed by atoms with Crippen molar-refractivity contribution in [3.05, 3.63) is 77.7 Å². The zero-order chi connectivity index (χ0) is 22.0. The standard InChI is InChI=1S/C22H18F3N3O2S/c1-30-17-7-5-14(6-8-17)9-10-26-20(29)18-12-28-13-19(31-21(28)27-18)15-3-2-4-16(11-15)22(23,24)25/h2-8,11-13H,9-10H2,1H3,(H,26,29). The third-order valence-corrected chi connectivity index (χ3v) is 5.77. The lowest BCUT2D eigenvalue weighted by molar-refractivity contribution is -0.137. The molecule has 2 heterocycles. The van der Waals surface area contributed by atoms with E-state index >= 15 is 0 Å². The fourth-order valence-electron chi connectivity index (χ4n) is 3.09. The van der Waals surface area contributed by atoms with E-state index in [0.29, 0.717) is 28.4 Å². The molecule has 0 atom stereocenters. The van der Waals surface area contributed by atoms with E-state index in [9.17, 15) is 18.0 Å². The first kappa shape index (κ1) is 20.9. The number of aromatic nitrogens is 2. The van der Waals surface area contributed by atoms with Crippen molar-refractivity contribution in [3.63, 3.8) is 0 Å². The van der Waals surface area contributed by atoms with E-state index in [2.05, 4.69) is 10.3 Å². The zero-order valence-electron chi connectivity index (χ0n) is 16.4.